The summed E-state index contributed by atoms with van der Waals surface area (Å²) in [6.45, 7) is 1.57. The Morgan fingerprint density at radius 1 is 1.10 bits per heavy atom. The van der Waals surface area contributed by atoms with E-state index in [2.05, 4.69) is 24.3 Å². The van der Waals surface area contributed by atoms with Crippen LogP contribution >= 0.6 is 0 Å². The first-order valence-corrected chi connectivity index (χ1v) is 11.5. The molecule has 3 rings (SSSR count). The molecule has 0 heterocycles. The molecule has 3 unspecified atom stereocenters. The highest BCUT2D eigenvalue weighted by atomic mass is 32.2. The van der Waals surface area contributed by atoms with Crippen molar-refractivity contribution < 1.29 is 23.5 Å². The molecule has 1 amide bonds. The zero-order chi connectivity index (χ0) is 21.2. The summed E-state index contributed by atoms with van der Waals surface area (Å²) in [6, 6.07) is 16.1. The first-order valence-electron chi connectivity index (χ1n) is 9.64. The Kier molecular flexibility index (Phi) is 6.12. The normalized spacial score (nSPS) is 20.7. The zero-order valence-corrected chi connectivity index (χ0v) is 17.4. The highest BCUT2D eigenvalue weighted by molar-refractivity contribution is 7.92. The number of sulfone groups is 1. The molecule has 0 bridgehead atoms. The molecule has 0 aromatic heterocycles. The Morgan fingerprint density at radius 3 is 2.10 bits per heavy atom. The van der Waals surface area contributed by atoms with Gasteiger partial charge in [-0.15, -0.1) is 0 Å². The van der Waals surface area contributed by atoms with Crippen molar-refractivity contribution in [2.45, 2.75) is 36.9 Å². The largest absolute Gasteiger partial charge is 0.396 e. The van der Waals surface area contributed by atoms with Gasteiger partial charge in [0.1, 0.15) is 4.75 Å². The fourth-order valence-electron chi connectivity index (χ4n) is 3.61. The Labute approximate surface area is 171 Å². The van der Waals surface area contributed by atoms with Gasteiger partial charge in [-0.05, 0) is 60.3 Å². The number of amides is 1. The minimum Gasteiger partial charge on any atom is -0.396 e. The number of aliphatic hydroxyl groups excluding tert-OH is 1. The average molecular weight is 418 g/mol. The number of nitrogens with one attached hydrogen (secondary N) is 1. The minimum absolute atomic E-state index is 0.0691. The molecule has 1 aliphatic carbocycles. The van der Waals surface area contributed by atoms with Gasteiger partial charge in [-0.25, -0.2) is 13.9 Å². The lowest BCUT2D eigenvalue weighted by Gasteiger charge is -2.25. The first-order chi connectivity index (χ1) is 13.7. The second-order valence-electron chi connectivity index (χ2n) is 8.05. The molecule has 1 fully saturated rings. The van der Waals surface area contributed by atoms with Crippen molar-refractivity contribution in [1.29, 1.82) is 0 Å². The lowest BCUT2D eigenvalue weighted by molar-refractivity contribution is -0.131. The number of carbonyl (C=O) groups is 1. The Bertz CT molecular complexity index is 969. The Morgan fingerprint density at radius 2 is 1.66 bits per heavy atom. The third-order valence-electron chi connectivity index (χ3n) is 6.07. The quantitative estimate of drug-likeness (QED) is 0.453. The molecule has 3 atom stereocenters. The first kappa shape index (κ1) is 21.5. The number of carbonyl (C=O) groups excluding carboxylic acids is 1. The smallest absolute Gasteiger partial charge is 0.264 e. The van der Waals surface area contributed by atoms with Crippen molar-refractivity contribution in [2.75, 3.05) is 12.9 Å². The summed E-state index contributed by atoms with van der Waals surface area (Å²) in [4.78, 5) is 11.9. The summed E-state index contributed by atoms with van der Waals surface area (Å²) in [5.74, 6) is -0.0572. The van der Waals surface area contributed by atoms with Crippen molar-refractivity contribution in [3.8, 4) is 11.1 Å². The summed E-state index contributed by atoms with van der Waals surface area (Å²) in [7, 11) is -3.70. The molecule has 2 aromatic carbocycles. The molecule has 156 valence electrons. The van der Waals surface area contributed by atoms with Gasteiger partial charge in [-0.3, -0.25) is 10.0 Å². The van der Waals surface area contributed by atoms with Crippen LogP contribution in [0.1, 0.15) is 36.8 Å². The third kappa shape index (κ3) is 4.52. The van der Waals surface area contributed by atoms with Gasteiger partial charge in [-0.1, -0.05) is 48.5 Å². The van der Waals surface area contributed by atoms with Gasteiger partial charge >= 0.3 is 0 Å². The van der Waals surface area contributed by atoms with Gasteiger partial charge in [0, 0.05) is 12.9 Å². The van der Waals surface area contributed by atoms with E-state index >= 15 is 0 Å². The van der Waals surface area contributed by atoms with E-state index in [9.17, 15) is 18.3 Å². The number of benzene rings is 2. The summed E-state index contributed by atoms with van der Waals surface area (Å²) in [5.41, 5.74) is 5.77. The predicted octanol–water partition coefficient (Wildman–Crippen LogP) is 2.69. The van der Waals surface area contributed by atoms with E-state index in [0.29, 0.717) is 18.3 Å². The maximum absolute atomic E-state index is 12.0. The molecule has 7 heteroatoms. The highest BCUT2D eigenvalue weighted by Crippen LogP contribution is 2.47. The van der Waals surface area contributed by atoms with Crippen LogP contribution in [0.5, 0.6) is 0 Å². The molecule has 0 spiro atoms. The molecular weight excluding hydrogens is 390 g/mol. The van der Waals surface area contributed by atoms with Crippen molar-refractivity contribution in [1.82, 2.24) is 5.48 Å². The number of aliphatic hydroxyl groups is 1. The molecular formula is C22H27NO5S. The van der Waals surface area contributed by atoms with Gasteiger partial charge in [0.15, 0.2) is 9.84 Å². The van der Waals surface area contributed by atoms with Crippen LogP contribution in [0, 0.1) is 5.92 Å². The summed E-state index contributed by atoms with van der Waals surface area (Å²) >= 11 is 0. The van der Waals surface area contributed by atoms with Crippen molar-refractivity contribution in [3.63, 3.8) is 0 Å². The van der Waals surface area contributed by atoms with Crippen LogP contribution in [-0.2, 0) is 21.1 Å². The average Bonchev–Trinajstić information content (AvgIpc) is 3.51. The molecule has 3 N–H and O–H groups in total. The Hall–Kier alpha value is -2.22. The number of hydroxylamine groups is 1. The fourth-order valence-corrected chi connectivity index (χ4v) is 4.47. The van der Waals surface area contributed by atoms with Crippen LogP contribution in [0.25, 0.3) is 11.1 Å². The zero-order valence-electron chi connectivity index (χ0n) is 16.6. The van der Waals surface area contributed by atoms with Gasteiger partial charge in [0.2, 0.25) is 0 Å². The Balaban J connectivity index is 1.68. The number of rotatable bonds is 8. The number of hydrogen-bond donors (Lipinski definition) is 3. The molecule has 29 heavy (non-hydrogen) atoms. The molecule has 6 nitrogen and oxygen atoms in total. The highest BCUT2D eigenvalue weighted by Gasteiger charge is 2.43. The molecule has 1 aliphatic rings. The van der Waals surface area contributed by atoms with Crippen LogP contribution in [0.3, 0.4) is 0 Å². The van der Waals surface area contributed by atoms with E-state index in [0.717, 1.165) is 29.4 Å². The monoisotopic (exact) mass is 417 g/mol. The summed E-state index contributed by atoms with van der Waals surface area (Å²) in [6.07, 6.45) is 2.50. The summed E-state index contributed by atoms with van der Waals surface area (Å²) < 4.78 is 22.4. The molecule has 0 radical (unpaired) electrons. The predicted molar refractivity (Wildman–Crippen MR) is 111 cm³/mol. The van der Waals surface area contributed by atoms with Crippen molar-refractivity contribution in [3.05, 3.63) is 59.7 Å². The van der Waals surface area contributed by atoms with Gasteiger partial charge in [0.25, 0.3) is 5.91 Å². The molecule has 1 saturated carbocycles. The standard InChI is InChI=1S/C22H27NO5S/c1-22(21(25)23-26,29(2,27)28)12-11-15-3-5-16(6-4-15)17-7-9-18(10-8-17)20-13-19(20)14-24/h3-10,19-20,24,26H,11-14H2,1-2H3,(H,23,25). The van der Waals surface area contributed by atoms with E-state index in [1.165, 1.54) is 18.0 Å². The van der Waals surface area contributed by atoms with Gasteiger partial charge < -0.3 is 5.11 Å². The van der Waals surface area contributed by atoms with Crippen LogP contribution < -0.4 is 5.48 Å². The topological polar surface area (TPSA) is 104 Å². The van der Waals surface area contributed by atoms with E-state index in [1.54, 1.807) is 0 Å². The molecule has 0 saturated heterocycles. The third-order valence-corrected chi connectivity index (χ3v) is 8.10. The van der Waals surface area contributed by atoms with E-state index in [1.807, 2.05) is 24.3 Å². The van der Waals surface area contributed by atoms with Gasteiger partial charge in [-0.2, -0.15) is 0 Å². The van der Waals surface area contributed by atoms with E-state index < -0.39 is 20.5 Å². The van der Waals surface area contributed by atoms with Crippen LogP contribution in [-0.4, -0.2) is 42.2 Å². The fraction of sp³-hybridized carbons (Fsp3) is 0.409. The van der Waals surface area contributed by atoms with Crippen molar-refractivity contribution in [2.24, 2.45) is 5.92 Å². The maximum atomic E-state index is 12.0. The van der Waals surface area contributed by atoms with Crippen LogP contribution in [0.4, 0.5) is 0 Å². The molecule has 0 aliphatic heterocycles. The lowest BCUT2D eigenvalue weighted by atomic mass is 9.97. The lowest BCUT2D eigenvalue weighted by Crippen LogP contribution is -2.49. The summed E-state index contributed by atoms with van der Waals surface area (Å²) in [5, 5.41) is 18.1. The second kappa shape index (κ2) is 8.26. The van der Waals surface area contributed by atoms with E-state index in [4.69, 9.17) is 5.21 Å². The van der Waals surface area contributed by atoms with Crippen LogP contribution in [0.2, 0.25) is 0 Å². The number of aryl methyl sites for hydroxylation is 1. The van der Waals surface area contributed by atoms with Gasteiger partial charge in [0.05, 0.1) is 0 Å². The maximum Gasteiger partial charge on any atom is 0.264 e. The van der Waals surface area contributed by atoms with E-state index in [-0.39, 0.29) is 13.0 Å². The molecule has 2 aromatic rings. The minimum atomic E-state index is -3.70. The SMILES string of the molecule is CC(CCc1ccc(-c2ccc(C3CC3CO)cc2)cc1)(C(=O)NO)S(C)(=O)=O. The van der Waals surface area contributed by atoms with Crippen LogP contribution in [0.15, 0.2) is 48.5 Å². The second-order valence-corrected chi connectivity index (χ2v) is 10.5. The number of hydrogen-bond acceptors (Lipinski definition) is 5. The van der Waals surface area contributed by atoms with Crippen molar-refractivity contribution >= 4 is 15.7 Å².